The van der Waals surface area contributed by atoms with Crippen molar-refractivity contribution in [3.05, 3.63) is 88.6 Å². The maximum Gasteiger partial charge on any atom is 0.253 e. The van der Waals surface area contributed by atoms with Gasteiger partial charge in [-0.15, -0.1) is 11.3 Å². The van der Waals surface area contributed by atoms with E-state index in [1.165, 1.54) is 11.3 Å². The summed E-state index contributed by atoms with van der Waals surface area (Å²) in [5, 5.41) is 1.78. The predicted molar refractivity (Wildman–Crippen MR) is 137 cm³/mol. The predicted octanol–water partition coefficient (Wildman–Crippen LogP) is 4.40. The average Bonchev–Trinajstić information content (AvgIpc) is 3.55. The summed E-state index contributed by atoms with van der Waals surface area (Å²) in [4.78, 5) is 14.4. The topological polar surface area (TPSA) is 69.7 Å². The summed E-state index contributed by atoms with van der Waals surface area (Å²) in [6.07, 6.45) is 2.15. The van der Waals surface area contributed by atoms with E-state index >= 15 is 0 Å². The van der Waals surface area contributed by atoms with Gasteiger partial charge in [0.1, 0.15) is 10.5 Å². The molecule has 0 saturated carbocycles. The van der Waals surface area contributed by atoms with E-state index in [0.29, 0.717) is 36.0 Å². The molecule has 0 saturated heterocycles. The highest BCUT2D eigenvalue weighted by Gasteiger charge is 2.37. The molecule has 0 aliphatic carbocycles. The van der Waals surface area contributed by atoms with Gasteiger partial charge in [-0.2, -0.15) is 4.31 Å². The monoisotopic (exact) mass is 489 g/mol. The maximum absolute atomic E-state index is 13.8. The Morgan fingerprint density at radius 3 is 2.68 bits per heavy atom. The molecule has 7 nitrogen and oxygen atoms in total. The van der Waals surface area contributed by atoms with Gasteiger partial charge in [0.25, 0.3) is 10.0 Å². The Kier molecular flexibility index (Phi) is 6.28. The Morgan fingerprint density at radius 1 is 1.12 bits per heavy atom. The zero-order valence-corrected chi connectivity index (χ0v) is 20.0. The lowest BCUT2D eigenvalue weighted by molar-refractivity contribution is 0.320. The van der Waals surface area contributed by atoms with Crippen LogP contribution in [0.4, 0.5) is 11.4 Å². The number of sulfonamides is 1. The second-order valence-electron chi connectivity index (χ2n) is 8.28. The average molecular weight is 490 g/mol. The number of rotatable bonds is 6. The Labute approximate surface area is 203 Å². The minimum absolute atomic E-state index is 0.204. The fourth-order valence-electron chi connectivity index (χ4n) is 4.45. The number of benzene rings is 2. The van der Waals surface area contributed by atoms with Crippen LogP contribution in [0.1, 0.15) is 11.1 Å². The van der Waals surface area contributed by atoms with Gasteiger partial charge in [-0.1, -0.05) is 42.5 Å². The van der Waals surface area contributed by atoms with Crippen LogP contribution in [0.25, 0.3) is 4.85 Å². The van der Waals surface area contributed by atoms with Gasteiger partial charge < -0.3 is 4.90 Å². The van der Waals surface area contributed by atoms with Crippen molar-refractivity contribution in [1.82, 2.24) is 4.31 Å². The molecule has 0 bridgehead atoms. The first-order chi connectivity index (χ1) is 16.5. The number of nitrogens with zero attached hydrogens (tertiary/aromatic N) is 5. The van der Waals surface area contributed by atoms with Gasteiger partial charge in [-0.3, -0.25) is 4.99 Å². The molecule has 0 fully saturated rings. The molecule has 9 heteroatoms. The Hall–Kier alpha value is -3.32. The standard InChI is InChI=1S/C25H23N5O2S2/c1-26-21-9-10-24-20(13-21)15-30(34(31,32)25-8-5-11-33-25)23(12-19-6-3-2-4-7-19)17-29(24)16-22-14-27-18-28-22/h2-11,13,18,23H,12,14-17H2. The summed E-state index contributed by atoms with van der Waals surface area (Å²) >= 11 is 1.23. The number of aliphatic imine (C=N–C) groups is 2. The van der Waals surface area contributed by atoms with Crippen LogP contribution in [0.5, 0.6) is 0 Å². The third kappa shape index (κ3) is 4.53. The molecule has 1 unspecified atom stereocenters. The van der Waals surface area contributed by atoms with Crippen LogP contribution in [0.3, 0.4) is 0 Å². The minimum Gasteiger partial charge on any atom is -0.364 e. The normalized spacial score (nSPS) is 18.3. The van der Waals surface area contributed by atoms with Crippen LogP contribution in [0.15, 0.2) is 80.2 Å². The van der Waals surface area contributed by atoms with Gasteiger partial charge in [-0.25, -0.2) is 18.3 Å². The molecular formula is C25H23N5O2S2. The molecule has 2 aliphatic rings. The van der Waals surface area contributed by atoms with E-state index in [4.69, 9.17) is 6.57 Å². The zero-order chi connectivity index (χ0) is 23.5. The van der Waals surface area contributed by atoms with E-state index in [2.05, 4.69) is 19.7 Å². The molecule has 3 aromatic rings. The fraction of sp³-hybridized carbons (Fsp3) is 0.240. The number of hydrogen-bond donors (Lipinski definition) is 0. The van der Waals surface area contributed by atoms with Gasteiger partial charge >= 0.3 is 0 Å². The van der Waals surface area contributed by atoms with Crippen LogP contribution in [-0.4, -0.2) is 50.4 Å². The number of thiophene rings is 1. The van der Waals surface area contributed by atoms with Crippen molar-refractivity contribution in [3.8, 4) is 0 Å². The summed E-state index contributed by atoms with van der Waals surface area (Å²) in [5.41, 5.74) is 4.27. The lowest BCUT2D eigenvalue weighted by Crippen LogP contribution is -2.46. The minimum atomic E-state index is -3.73. The van der Waals surface area contributed by atoms with Crippen molar-refractivity contribution in [2.45, 2.75) is 23.2 Å². The van der Waals surface area contributed by atoms with Crippen LogP contribution < -0.4 is 4.90 Å². The molecule has 0 radical (unpaired) electrons. The molecule has 0 amide bonds. The first-order valence-electron chi connectivity index (χ1n) is 10.9. The largest absolute Gasteiger partial charge is 0.364 e. The van der Waals surface area contributed by atoms with E-state index in [1.807, 2.05) is 42.5 Å². The second kappa shape index (κ2) is 9.50. The van der Waals surface area contributed by atoms with E-state index in [1.54, 1.807) is 34.2 Å². The van der Waals surface area contributed by atoms with E-state index in [-0.39, 0.29) is 12.6 Å². The number of hydrogen-bond acceptors (Lipinski definition) is 6. The van der Waals surface area contributed by atoms with Crippen LogP contribution >= 0.6 is 11.3 Å². The third-order valence-corrected chi connectivity index (χ3v) is 9.31. The van der Waals surface area contributed by atoms with Gasteiger partial charge in [0.15, 0.2) is 5.69 Å². The third-order valence-electron chi connectivity index (χ3n) is 6.04. The maximum atomic E-state index is 13.8. The Morgan fingerprint density at radius 2 is 1.97 bits per heavy atom. The van der Waals surface area contributed by atoms with E-state index < -0.39 is 10.0 Å². The first kappa shape index (κ1) is 22.5. The fourth-order valence-corrected chi connectivity index (χ4v) is 7.16. The Bertz CT molecular complexity index is 1380. The molecule has 172 valence electrons. The summed E-state index contributed by atoms with van der Waals surface area (Å²) in [6, 6.07) is 18.6. The SMILES string of the molecule is [C-]#[N+]c1ccc2c(c1)CN(S(=O)(=O)c1cccs1)C(Cc1ccccc1)CN2CC1=NC=NC1. The molecule has 3 heterocycles. The van der Waals surface area contributed by atoms with Gasteiger partial charge in [0.05, 0.1) is 25.4 Å². The van der Waals surface area contributed by atoms with Crippen molar-refractivity contribution >= 4 is 44.8 Å². The van der Waals surface area contributed by atoms with Gasteiger partial charge in [0.2, 0.25) is 0 Å². The number of anilines is 1. The lowest BCUT2D eigenvalue weighted by atomic mass is 10.1. The molecular weight excluding hydrogens is 466 g/mol. The van der Waals surface area contributed by atoms with E-state index in [0.717, 1.165) is 22.5 Å². The summed E-state index contributed by atoms with van der Waals surface area (Å²) < 4.78 is 29.6. The molecule has 1 atom stereocenters. The molecule has 2 aliphatic heterocycles. The molecule has 34 heavy (non-hydrogen) atoms. The Balaban J connectivity index is 1.60. The van der Waals surface area contributed by atoms with Crippen LogP contribution in [0, 0.1) is 6.57 Å². The lowest BCUT2D eigenvalue weighted by Gasteiger charge is -2.32. The van der Waals surface area contributed by atoms with Crippen LogP contribution in [0.2, 0.25) is 0 Å². The second-order valence-corrected chi connectivity index (χ2v) is 11.3. The molecule has 0 spiro atoms. The van der Waals surface area contributed by atoms with E-state index in [9.17, 15) is 8.42 Å². The molecule has 5 rings (SSSR count). The highest BCUT2D eigenvalue weighted by molar-refractivity contribution is 7.91. The summed E-state index contributed by atoms with van der Waals surface area (Å²) in [6.45, 7) is 9.28. The highest BCUT2D eigenvalue weighted by atomic mass is 32.2. The van der Waals surface area contributed by atoms with Crippen molar-refractivity contribution in [1.29, 1.82) is 0 Å². The van der Waals surface area contributed by atoms with Crippen molar-refractivity contribution in [2.75, 3.05) is 24.5 Å². The van der Waals surface area contributed by atoms with Crippen molar-refractivity contribution in [3.63, 3.8) is 0 Å². The molecule has 2 aromatic carbocycles. The zero-order valence-electron chi connectivity index (χ0n) is 18.4. The quantitative estimate of drug-likeness (QED) is 0.482. The smallest absolute Gasteiger partial charge is 0.253 e. The highest BCUT2D eigenvalue weighted by Crippen LogP contribution is 2.35. The molecule has 1 aromatic heterocycles. The summed E-state index contributed by atoms with van der Waals surface area (Å²) in [7, 11) is -3.73. The van der Waals surface area contributed by atoms with Crippen molar-refractivity contribution in [2.24, 2.45) is 9.98 Å². The van der Waals surface area contributed by atoms with Gasteiger partial charge in [0, 0.05) is 24.8 Å². The first-order valence-corrected chi connectivity index (χ1v) is 13.2. The summed E-state index contributed by atoms with van der Waals surface area (Å²) in [5.74, 6) is 0. The molecule has 0 N–H and O–H groups in total. The van der Waals surface area contributed by atoms with Gasteiger partial charge in [-0.05, 0) is 41.1 Å². The van der Waals surface area contributed by atoms with Crippen molar-refractivity contribution < 1.29 is 8.42 Å². The van der Waals surface area contributed by atoms with Crippen LogP contribution in [-0.2, 0) is 23.0 Å². The number of fused-ring (bicyclic) bond motifs is 1.